The molecule has 0 rings (SSSR count). The molecular formula is C37H72F2N2O4. The molecule has 0 aromatic heterocycles. The van der Waals surface area contributed by atoms with Gasteiger partial charge in [0, 0.05) is 12.8 Å². The zero-order valence-corrected chi connectivity index (χ0v) is 30.2. The molecule has 0 aliphatic carbocycles. The van der Waals surface area contributed by atoms with Gasteiger partial charge in [0.25, 0.3) is 0 Å². The quantitative estimate of drug-likeness (QED) is 0.0403. The number of esters is 1. The molecule has 8 heteroatoms. The summed E-state index contributed by atoms with van der Waals surface area (Å²) in [4.78, 5) is 33.4. The van der Waals surface area contributed by atoms with Gasteiger partial charge in [0.1, 0.15) is 0 Å². The molecule has 0 heterocycles. The highest BCUT2D eigenvalue weighted by Crippen LogP contribution is 2.25. The Kier molecular flexibility index (Phi) is 29.2. The lowest BCUT2D eigenvalue weighted by atomic mass is 9.99. The molecule has 0 N–H and O–H groups in total. The normalized spacial score (nSPS) is 12.5. The van der Waals surface area contributed by atoms with Gasteiger partial charge in [0.2, 0.25) is 5.91 Å². The van der Waals surface area contributed by atoms with Crippen LogP contribution in [0.15, 0.2) is 0 Å². The maximum Gasteiger partial charge on any atom is 0.376 e. The second-order valence-corrected chi connectivity index (χ2v) is 13.2. The Labute approximate surface area is 276 Å². The van der Waals surface area contributed by atoms with Crippen LogP contribution in [0.4, 0.5) is 8.78 Å². The van der Waals surface area contributed by atoms with Gasteiger partial charge in [-0.15, -0.1) is 0 Å². The third-order valence-corrected chi connectivity index (χ3v) is 8.54. The van der Waals surface area contributed by atoms with Crippen LogP contribution in [0.5, 0.6) is 0 Å². The average molecular weight is 647 g/mol. The first-order valence-corrected chi connectivity index (χ1v) is 18.8. The Balaban J connectivity index is 5.08. The number of ether oxygens (including phenoxy) is 1. The van der Waals surface area contributed by atoms with E-state index in [2.05, 4.69) is 23.5 Å². The van der Waals surface area contributed by atoms with Crippen molar-refractivity contribution in [3.8, 4) is 0 Å². The number of rotatable bonds is 33. The Morgan fingerprint density at radius 3 is 1.60 bits per heavy atom. The van der Waals surface area contributed by atoms with E-state index >= 15 is 0 Å². The van der Waals surface area contributed by atoms with Gasteiger partial charge in [-0.25, -0.2) is 9.86 Å². The minimum Gasteiger partial charge on any atom is -0.462 e. The van der Waals surface area contributed by atoms with Gasteiger partial charge >= 0.3 is 11.9 Å². The van der Waals surface area contributed by atoms with Crippen LogP contribution < -0.4 is 0 Å². The molecule has 0 saturated carbocycles. The number of nitrogens with zero attached hydrogens (tertiary/aromatic N) is 2. The van der Waals surface area contributed by atoms with Crippen LogP contribution in [0.25, 0.3) is 0 Å². The van der Waals surface area contributed by atoms with Crippen LogP contribution in [-0.2, 0) is 19.2 Å². The fraction of sp³-hybridized carbons (Fsp3) is 0.946. The van der Waals surface area contributed by atoms with Crippen molar-refractivity contribution in [1.29, 1.82) is 0 Å². The van der Waals surface area contributed by atoms with Crippen molar-refractivity contribution >= 4 is 11.9 Å². The van der Waals surface area contributed by atoms with Crippen LogP contribution in [0.2, 0.25) is 0 Å². The first-order valence-electron chi connectivity index (χ1n) is 18.8. The highest BCUT2D eigenvalue weighted by molar-refractivity contribution is 5.77. The van der Waals surface area contributed by atoms with E-state index in [4.69, 9.17) is 4.84 Å². The Morgan fingerprint density at radius 1 is 0.644 bits per heavy atom. The number of amides is 1. The fourth-order valence-electron chi connectivity index (χ4n) is 5.75. The molecule has 1 unspecified atom stereocenters. The van der Waals surface area contributed by atoms with Crippen LogP contribution in [0.1, 0.15) is 181 Å². The molecule has 0 saturated heterocycles. The number of alkyl halides is 2. The number of hydrogen-bond donors (Lipinski definition) is 0. The SMILES string of the molecule is CCCCCCCCCCON(C(=O)CCCN(C)C)C(CCCCCCCCCC)CCCCCCC(F)(F)C(=O)OCC. The summed E-state index contributed by atoms with van der Waals surface area (Å²) in [6.45, 7) is 7.39. The molecule has 1 atom stereocenters. The van der Waals surface area contributed by atoms with Crippen molar-refractivity contribution < 1.29 is 27.9 Å². The molecule has 1 amide bonds. The minimum atomic E-state index is -3.42. The average Bonchev–Trinajstić information content (AvgIpc) is 3.00. The predicted molar refractivity (Wildman–Crippen MR) is 183 cm³/mol. The van der Waals surface area contributed by atoms with Crippen LogP contribution in [-0.4, -0.2) is 67.7 Å². The number of carbonyl (C=O) groups is 2. The van der Waals surface area contributed by atoms with Gasteiger partial charge in [0.05, 0.1) is 19.3 Å². The Bertz CT molecular complexity index is 693. The van der Waals surface area contributed by atoms with E-state index in [0.29, 0.717) is 19.4 Å². The van der Waals surface area contributed by atoms with E-state index in [1.807, 2.05) is 14.1 Å². The van der Waals surface area contributed by atoms with Gasteiger partial charge < -0.3 is 9.64 Å². The fourth-order valence-corrected chi connectivity index (χ4v) is 5.75. The molecular weight excluding hydrogens is 574 g/mol. The number of hydroxylamine groups is 2. The van der Waals surface area contributed by atoms with Crippen LogP contribution in [0.3, 0.4) is 0 Å². The molecule has 6 nitrogen and oxygen atoms in total. The van der Waals surface area contributed by atoms with E-state index in [1.54, 1.807) is 5.06 Å². The lowest BCUT2D eigenvalue weighted by Gasteiger charge is -2.31. The number of carbonyl (C=O) groups excluding carboxylic acids is 2. The smallest absolute Gasteiger partial charge is 0.376 e. The minimum absolute atomic E-state index is 0.00645. The van der Waals surface area contributed by atoms with Crippen LogP contribution >= 0.6 is 0 Å². The predicted octanol–water partition coefficient (Wildman–Crippen LogP) is 10.7. The van der Waals surface area contributed by atoms with Crippen molar-refractivity contribution in [3.05, 3.63) is 0 Å². The summed E-state index contributed by atoms with van der Waals surface area (Å²) in [6, 6.07) is 0.00645. The van der Waals surface area contributed by atoms with Gasteiger partial charge in [-0.2, -0.15) is 8.78 Å². The summed E-state index contributed by atoms with van der Waals surface area (Å²) < 4.78 is 32.5. The molecule has 0 aliphatic rings. The Hall–Kier alpha value is -1.28. The van der Waals surface area contributed by atoms with Crippen molar-refractivity contribution in [1.82, 2.24) is 9.96 Å². The van der Waals surface area contributed by atoms with Gasteiger partial charge in [0.15, 0.2) is 0 Å². The molecule has 268 valence electrons. The third kappa shape index (κ3) is 25.5. The first-order chi connectivity index (χ1) is 21.7. The number of halogens is 2. The summed E-state index contributed by atoms with van der Waals surface area (Å²) in [7, 11) is 4.04. The van der Waals surface area contributed by atoms with E-state index in [9.17, 15) is 18.4 Å². The monoisotopic (exact) mass is 647 g/mol. The van der Waals surface area contributed by atoms with E-state index in [-0.39, 0.29) is 25.0 Å². The molecule has 0 bridgehead atoms. The standard InChI is InChI=1S/C37H72F2N2O4/c1-6-9-11-13-15-17-19-23-28-34(29-24-20-21-25-31-37(38,39)36(43)44-8-3)41(35(42)30-27-32-40(4)5)45-33-26-22-18-16-14-12-10-7-2/h34H,6-33H2,1-5H3. The van der Waals surface area contributed by atoms with E-state index in [0.717, 1.165) is 64.3 Å². The van der Waals surface area contributed by atoms with Crippen molar-refractivity contribution in [2.24, 2.45) is 0 Å². The number of hydrogen-bond acceptors (Lipinski definition) is 5. The zero-order chi connectivity index (χ0) is 33.6. The molecule has 0 spiro atoms. The maximum atomic E-state index is 14.0. The second kappa shape index (κ2) is 30.1. The largest absolute Gasteiger partial charge is 0.462 e. The van der Waals surface area contributed by atoms with Crippen LogP contribution in [0, 0.1) is 0 Å². The summed E-state index contributed by atoms with van der Waals surface area (Å²) in [5.74, 6) is -4.78. The summed E-state index contributed by atoms with van der Waals surface area (Å²) in [5, 5.41) is 1.72. The molecule has 0 aliphatic heterocycles. The van der Waals surface area contributed by atoms with Gasteiger partial charge in [-0.3, -0.25) is 9.63 Å². The lowest BCUT2D eigenvalue weighted by molar-refractivity contribution is -0.203. The summed E-state index contributed by atoms with van der Waals surface area (Å²) in [6.07, 6.45) is 24.6. The highest BCUT2D eigenvalue weighted by Gasteiger charge is 2.39. The summed E-state index contributed by atoms with van der Waals surface area (Å²) >= 11 is 0. The second-order valence-electron chi connectivity index (χ2n) is 13.2. The molecule has 45 heavy (non-hydrogen) atoms. The molecule has 0 aromatic rings. The van der Waals surface area contributed by atoms with Crippen molar-refractivity contribution in [3.63, 3.8) is 0 Å². The van der Waals surface area contributed by atoms with Gasteiger partial charge in [-0.1, -0.05) is 129 Å². The van der Waals surface area contributed by atoms with Crippen molar-refractivity contribution in [2.75, 3.05) is 33.9 Å². The number of unbranched alkanes of at least 4 members (excludes halogenated alkanes) is 17. The van der Waals surface area contributed by atoms with E-state index < -0.39 is 18.3 Å². The highest BCUT2D eigenvalue weighted by atomic mass is 19.3. The summed E-state index contributed by atoms with van der Waals surface area (Å²) in [5.41, 5.74) is 0. The third-order valence-electron chi connectivity index (χ3n) is 8.54. The van der Waals surface area contributed by atoms with Crippen molar-refractivity contribution in [2.45, 2.75) is 193 Å². The Morgan fingerprint density at radius 2 is 1.11 bits per heavy atom. The maximum absolute atomic E-state index is 14.0. The molecule has 0 fully saturated rings. The first kappa shape index (κ1) is 43.7. The molecule has 0 radical (unpaired) electrons. The topological polar surface area (TPSA) is 59.1 Å². The molecule has 0 aromatic carbocycles. The zero-order valence-electron chi connectivity index (χ0n) is 30.2. The van der Waals surface area contributed by atoms with Gasteiger partial charge in [-0.05, 0) is 59.7 Å². The van der Waals surface area contributed by atoms with E-state index in [1.165, 1.54) is 84.0 Å². The lowest BCUT2D eigenvalue weighted by Crippen LogP contribution is -2.41.